The first-order valence-corrected chi connectivity index (χ1v) is 5.69. The van der Waals surface area contributed by atoms with E-state index in [9.17, 15) is 0 Å². The zero-order valence-electron chi connectivity index (χ0n) is 9.06. The normalized spacial score (nSPS) is 11.1. The molecule has 0 aromatic carbocycles. The molecule has 0 radical (unpaired) electrons. The van der Waals surface area contributed by atoms with Gasteiger partial charge in [-0.15, -0.1) is 11.6 Å². The van der Waals surface area contributed by atoms with Crippen LogP contribution in [0.15, 0.2) is 12.5 Å². The summed E-state index contributed by atoms with van der Waals surface area (Å²) < 4.78 is 7.29. The summed E-state index contributed by atoms with van der Waals surface area (Å²) in [5.74, 6) is 1.17. The van der Waals surface area contributed by atoms with E-state index in [1.165, 1.54) is 6.33 Å². The minimum Gasteiger partial charge on any atom is -0.380 e. The van der Waals surface area contributed by atoms with Gasteiger partial charge in [-0.05, 0) is 6.92 Å². The maximum Gasteiger partial charge on any atom is 0.163 e. The number of nitrogens with zero attached hydrogens (tertiary/aromatic N) is 4. The van der Waals surface area contributed by atoms with Gasteiger partial charge in [-0.25, -0.2) is 15.0 Å². The van der Waals surface area contributed by atoms with Crippen molar-refractivity contribution in [3.63, 3.8) is 0 Å². The average molecular weight is 241 g/mol. The molecule has 2 rings (SSSR count). The lowest BCUT2D eigenvalue weighted by molar-refractivity contribution is 0.139. The second kappa shape index (κ2) is 5.23. The molecule has 0 saturated carbocycles. The van der Waals surface area contributed by atoms with Gasteiger partial charge in [0.2, 0.25) is 0 Å². The third-order valence-electron chi connectivity index (χ3n) is 2.27. The highest BCUT2D eigenvalue weighted by Gasteiger charge is 2.10. The van der Waals surface area contributed by atoms with Crippen LogP contribution in [0.2, 0.25) is 0 Å². The Morgan fingerprint density at radius 2 is 2.38 bits per heavy atom. The van der Waals surface area contributed by atoms with Crippen molar-refractivity contribution in [1.29, 1.82) is 0 Å². The van der Waals surface area contributed by atoms with Gasteiger partial charge in [-0.2, -0.15) is 0 Å². The summed E-state index contributed by atoms with van der Waals surface area (Å²) in [6, 6.07) is 0. The first kappa shape index (κ1) is 11.3. The molecular weight excluding hydrogens is 228 g/mol. The second-order valence-corrected chi connectivity index (χ2v) is 3.51. The van der Waals surface area contributed by atoms with Crippen LogP contribution in [-0.2, 0) is 17.2 Å². The lowest BCUT2D eigenvalue weighted by atomic mass is 10.5. The molecule has 0 amide bonds. The van der Waals surface area contributed by atoms with E-state index < -0.39 is 0 Å². The smallest absolute Gasteiger partial charge is 0.163 e. The maximum absolute atomic E-state index is 5.84. The van der Waals surface area contributed by atoms with Crippen LogP contribution in [-0.4, -0.2) is 32.7 Å². The number of aromatic nitrogens is 4. The van der Waals surface area contributed by atoms with Gasteiger partial charge in [-0.3, -0.25) is 0 Å². The minimum absolute atomic E-state index is 0.364. The highest BCUT2D eigenvalue weighted by Crippen LogP contribution is 2.13. The van der Waals surface area contributed by atoms with Crippen LogP contribution >= 0.6 is 11.6 Å². The Morgan fingerprint density at radius 3 is 3.12 bits per heavy atom. The summed E-state index contributed by atoms with van der Waals surface area (Å²) in [4.78, 5) is 12.5. The molecule has 16 heavy (non-hydrogen) atoms. The maximum atomic E-state index is 5.84. The highest BCUT2D eigenvalue weighted by atomic mass is 35.5. The third kappa shape index (κ3) is 2.15. The molecule has 0 aliphatic carbocycles. The van der Waals surface area contributed by atoms with Crippen molar-refractivity contribution in [3.8, 4) is 0 Å². The van der Waals surface area contributed by atoms with Crippen LogP contribution in [0.3, 0.4) is 0 Å². The summed E-state index contributed by atoms with van der Waals surface area (Å²) in [6.45, 7) is 4.02. The molecule has 2 aromatic heterocycles. The number of halogens is 1. The Kier molecular flexibility index (Phi) is 3.69. The second-order valence-electron chi connectivity index (χ2n) is 3.24. The number of fused-ring (bicyclic) bond motifs is 1. The fourth-order valence-electron chi connectivity index (χ4n) is 1.56. The van der Waals surface area contributed by atoms with E-state index in [1.54, 1.807) is 6.20 Å². The predicted octanol–water partition coefficient (Wildman–Crippen LogP) is 1.60. The summed E-state index contributed by atoms with van der Waals surface area (Å²) in [5.41, 5.74) is 1.58. The van der Waals surface area contributed by atoms with Gasteiger partial charge >= 0.3 is 0 Å². The summed E-state index contributed by atoms with van der Waals surface area (Å²) in [6.07, 6.45) is 3.20. The molecule has 86 valence electrons. The molecule has 0 spiro atoms. The number of ether oxygens (including phenoxy) is 1. The molecule has 0 N–H and O–H groups in total. The summed E-state index contributed by atoms with van der Waals surface area (Å²) in [7, 11) is 0. The van der Waals surface area contributed by atoms with Crippen molar-refractivity contribution < 1.29 is 4.74 Å². The molecule has 0 bridgehead atoms. The first-order chi connectivity index (χ1) is 7.86. The predicted molar refractivity (Wildman–Crippen MR) is 61.4 cm³/mol. The zero-order valence-corrected chi connectivity index (χ0v) is 9.81. The van der Waals surface area contributed by atoms with Crippen LogP contribution in [0.4, 0.5) is 0 Å². The molecule has 0 fully saturated rings. The molecule has 0 saturated heterocycles. The van der Waals surface area contributed by atoms with Crippen LogP contribution < -0.4 is 0 Å². The average Bonchev–Trinajstić information content (AvgIpc) is 2.68. The molecule has 0 aliphatic rings. The van der Waals surface area contributed by atoms with Crippen molar-refractivity contribution in [3.05, 3.63) is 18.3 Å². The number of alkyl halides is 1. The molecule has 6 heteroatoms. The van der Waals surface area contributed by atoms with E-state index >= 15 is 0 Å². The van der Waals surface area contributed by atoms with E-state index in [0.29, 0.717) is 25.6 Å². The molecule has 2 aromatic rings. The van der Waals surface area contributed by atoms with Crippen molar-refractivity contribution in [2.24, 2.45) is 0 Å². The van der Waals surface area contributed by atoms with Crippen LogP contribution in [0, 0.1) is 0 Å². The van der Waals surface area contributed by atoms with Gasteiger partial charge in [0, 0.05) is 13.2 Å². The Morgan fingerprint density at radius 1 is 1.50 bits per heavy atom. The molecule has 0 atom stereocenters. The quantitative estimate of drug-likeness (QED) is 0.589. The van der Waals surface area contributed by atoms with Gasteiger partial charge in [-0.1, -0.05) is 0 Å². The van der Waals surface area contributed by atoms with Crippen LogP contribution in [0.5, 0.6) is 0 Å². The summed E-state index contributed by atoms with van der Waals surface area (Å²) >= 11 is 5.84. The molecule has 2 heterocycles. The lowest BCUT2D eigenvalue weighted by Crippen LogP contribution is -2.09. The molecule has 0 aliphatic heterocycles. The van der Waals surface area contributed by atoms with Crippen molar-refractivity contribution in [2.45, 2.75) is 19.3 Å². The topological polar surface area (TPSA) is 52.8 Å². The lowest BCUT2D eigenvalue weighted by Gasteiger charge is -2.06. The zero-order chi connectivity index (χ0) is 11.4. The van der Waals surface area contributed by atoms with Gasteiger partial charge in [0.25, 0.3) is 0 Å². The number of rotatable bonds is 5. The van der Waals surface area contributed by atoms with Gasteiger partial charge < -0.3 is 9.30 Å². The van der Waals surface area contributed by atoms with E-state index in [2.05, 4.69) is 15.0 Å². The molecule has 5 nitrogen and oxygen atoms in total. The van der Waals surface area contributed by atoms with E-state index in [0.717, 1.165) is 17.0 Å². The highest BCUT2D eigenvalue weighted by molar-refractivity contribution is 6.16. The Hall–Kier alpha value is -1.20. The van der Waals surface area contributed by atoms with Gasteiger partial charge in [0.1, 0.15) is 17.7 Å². The summed E-state index contributed by atoms with van der Waals surface area (Å²) in [5, 5.41) is 0. The van der Waals surface area contributed by atoms with Crippen molar-refractivity contribution in [2.75, 3.05) is 13.2 Å². The minimum atomic E-state index is 0.364. The largest absolute Gasteiger partial charge is 0.380 e. The van der Waals surface area contributed by atoms with Crippen LogP contribution in [0.1, 0.15) is 12.7 Å². The fraction of sp³-hybridized carbons (Fsp3) is 0.500. The number of hydrogen-bond acceptors (Lipinski definition) is 4. The SMILES string of the molecule is CCOCCn1c(CCl)nc2cncnc21. The Labute approximate surface area is 98.4 Å². The standard InChI is InChI=1S/C10H13ClN4O/c1-2-16-4-3-15-9(5-11)14-8-6-12-7-13-10(8)15/h6-7H,2-5H2,1H3. The molecular formula is C10H13ClN4O. The van der Waals surface area contributed by atoms with E-state index in [4.69, 9.17) is 16.3 Å². The van der Waals surface area contributed by atoms with Crippen molar-refractivity contribution in [1.82, 2.24) is 19.5 Å². The van der Waals surface area contributed by atoms with Gasteiger partial charge in [0.05, 0.1) is 18.7 Å². The fourth-order valence-corrected chi connectivity index (χ4v) is 1.77. The molecule has 0 unspecified atom stereocenters. The van der Waals surface area contributed by atoms with E-state index in [1.807, 2.05) is 11.5 Å². The van der Waals surface area contributed by atoms with Crippen LogP contribution in [0.25, 0.3) is 11.2 Å². The van der Waals surface area contributed by atoms with Gasteiger partial charge in [0.15, 0.2) is 5.65 Å². The first-order valence-electron chi connectivity index (χ1n) is 5.15. The third-order valence-corrected chi connectivity index (χ3v) is 2.51. The number of imidazole rings is 1. The Balaban J connectivity index is 2.32. The Bertz CT molecular complexity index is 471. The van der Waals surface area contributed by atoms with E-state index in [-0.39, 0.29) is 0 Å². The monoisotopic (exact) mass is 240 g/mol. The van der Waals surface area contributed by atoms with Crippen molar-refractivity contribution >= 4 is 22.8 Å². The number of hydrogen-bond donors (Lipinski definition) is 0.